The van der Waals surface area contributed by atoms with E-state index in [1.165, 1.54) is 0 Å². The number of methoxy groups -OCH3 is 2. The molecule has 0 aliphatic heterocycles. The van der Waals surface area contributed by atoms with Gasteiger partial charge in [0, 0.05) is 11.6 Å². The molecule has 96 valence electrons. The highest BCUT2D eigenvalue weighted by Gasteiger charge is 2.10. The quantitative estimate of drug-likeness (QED) is 0.878. The summed E-state index contributed by atoms with van der Waals surface area (Å²) in [4.78, 5) is 0. The van der Waals surface area contributed by atoms with Crippen LogP contribution < -0.4 is 14.8 Å². The van der Waals surface area contributed by atoms with Gasteiger partial charge in [0.05, 0.1) is 38.5 Å². The van der Waals surface area contributed by atoms with Crippen LogP contribution in [-0.2, 0) is 0 Å². The van der Waals surface area contributed by atoms with Gasteiger partial charge in [-0.05, 0) is 25.1 Å². The van der Waals surface area contributed by atoms with Gasteiger partial charge in [-0.3, -0.25) is 0 Å². The molecule has 1 atom stereocenters. The lowest BCUT2D eigenvalue weighted by Gasteiger charge is -2.17. The van der Waals surface area contributed by atoms with Crippen LogP contribution in [0.25, 0.3) is 0 Å². The molecular weight excluding hydrogens is 230 g/mol. The molecule has 0 spiro atoms. The Morgan fingerprint density at radius 3 is 2.61 bits per heavy atom. The van der Waals surface area contributed by atoms with E-state index in [-0.39, 0.29) is 6.04 Å². The smallest absolute Gasteiger partial charge is 0.145 e. The zero-order valence-corrected chi connectivity index (χ0v) is 10.8. The van der Waals surface area contributed by atoms with Crippen molar-refractivity contribution in [3.63, 3.8) is 0 Å². The zero-order chi connectivity index (χ0) is 13.0. The van der Waals surface area contributed by atoms with E-state index in [1.807, 2.05) is 24.3 Å². The van der Waals surface area contributed by atoms with Crippen molar-refractivity contribution in [2.45, 2.75) is 13.0 Å². The molecule has 1 aromatic carbocycles. The van der Waals surface area contributed by atoms with Gasteiger partial charge < -0.3 is 19.2 Å². The van der Waals surface area contributed by atoms with Gasteiger partial charge >= 0.3 is 0 Å². The van der Waals surface area contributed by atoms with E-state index < -0.39 is 0 Å². The summed E-state index contributed by atoms with van der Waals surface area (Å²) in [7, 11) is 3.28. The van der Waals surface area contributed by atoms with Gasteiger partial charge in [0.2, 0.25) is 0 Å². The van der Waals surface area contributed by atoms with Gasteiger partial charge in [0.25, 0.3) is 0 Å². The van der Waals surface area contributed by atoms with Crippen LogP contribution in [0.5, 0.6) is 11.5 Å². The summed E-state index contributed by atoms with van der Waals surface area (Å²) in [5.74, 6) is 1.53. The van der Waals surface area contributed by atoms with Gasteiger partial charge in [0.15, 0.2) is 0 Å². The van der Waals surface area contributed by atoms with E-state index >= 15 is 0 Å². The molecular formula is C14H17NO3. The van der Waals surface area contributed by atoms with Crippen molar-refractivity contribution in [3.8, 4) is 11.5 Å². The Kier molecular flexibility index (Phi) is 3.77. The highest BCUT2D eigenvalue weighted by atomic mass is 16.5. The SMILES string of the molecule is COc1ccc(NC(C)c2ccoc2)c(OC)c1. The number of rotatable bonds is 5. The first-order chi connectivity index (χ1) is 8.74. The fourth-order valence-corrected chi connectivity index (χ4v) is 1.76. The third kappa shape index (κ3) is 2.59. The highest BCUT2D eigenvalue weighted by Crippen LogP contribution is 2.31. The minimum absolute atomic E-state index is 0.144. The van der Waals surface area contributed by atoms with Crippen molar-refractivity contribution in [2.24, 2.45) is 0 Å². The Balaban J connectivity index is 2.18. The first-order valence-electron chi connectivity index (χ1n) is 5.75. The molecule has 0 aliphatic carbocycles. The second-order valence-corrected chi connectivity index (χ2v) is 3.99. The summed E-state index contributed by atoms with van der Waals surface area (Å²) in [5, 5.41) is 3.37. The van der Waals surface area contributed by atoms with Gasteiger partial charge in [0.1, 0.15) is 11.5 Å². The Morgan fingerprint density at radius 1 is 1.17 bits per heavy atom. The molecule has 4 heteroatoms. The van der Waals surface area contributed by atoms with Crippen molar-refractivity contribution >= 4 is 5.69 Å². The summed E-state index contributed by atoms with van der Waals surface area (Å²) in [6, 6.07) is 7.77. The van der Waals surface area contributed by atoms with Crippen LogP contribution in [0.2, 0.25) is 0 Å². The molecule has 1 N–H and O–H groups in total. The van der Waals surface area contributed by atoms with Crippen LogP contribution in [-0.4, -0.2) is 14.2 Å². The average molecular weight is 247 g/mol. The maximum Gasteiger partial charge on any atom is 0.145 e. The molecule has 0 aliphatic rings. The Hall–Kier alpha value is -2.10. The van der Waals surface area contributed by atoms with E-state index in [2.05, 4.69) is 12.2 Å². The van der Waals surface area contributed by atoms with Crippen molar-refractivity contribution in [1.82, 2.24) is 0 Å². The van der Waals surface area contributed by atoms with Crippen LogP contribution in [0.4, 0.5) is 5.69 Å². The largest absolute Gasteiger partial charge is 0.497 e. The fraction of sp³-hybridized carbons (Fsp3) is 0.286. The van der Waals surface area contributed by atoms with Crippen molar-refractivity contribution in [3.05, 3.63) is 42.4 Å². The predicted molar refractivity (Wildman–Crippen MR) is 70.3 cm³/mol. The minimum Gasteiger partial charge on any atom is -0.497 e. The summed E-state index contributed by atoms with van der Waals surface area (Å²) in [6.45, 7) is 2.06. The van der Waals surface area contributed by atoms with Crippen LogP contribution in [0, 0.1) is 0 Å². The van der Waals surface area contributed by atoms with Crippen molar-refractivity contribution in [2.75, 3.05) is 19.5 Å². The topological polar surface area (TPSA) is 43.6 Å². The third-order valence-electron chi connectivity index (χ3n) is 2.82. The molecule has 0 bridgehead atoms. The Labute approximate surface area is 107 Å². The number of hydrogen-bond acceptors (Lipinski definition) is 4. The van der Waals surface area contributed by atoms with Crippen LogP contribution in [0.15, 0.2) is 41.2 Å². The maximum absolute atomic E-state index is 5.34. The van der Waals surface area contributed by atoms with Crippen LogP contribution in [0.1, 0.15) is 18.5 Å². The second-order valence-electron chi connectivity index (χ2n) is 3.99. The third-order valence-corrected chi connectivity index (χ3v) is 2.82. The molecule has 18 heavy (non-hydrogen) atoms. The summed E-state index contributed by atoms with van der Waals surface area (Å²) < 4.78 is 15.6. The second kappa shape index (κ2) is 5.49. The monoisotopic (exact) mass is 247 g/mol. The van der Waals surface area contributed by atoms with Crippen molar-refractivity contribution < 1.29 is 13.9 Å². The highest BCUT2D eigenvalue weighted by molar-refractivity contribution is 5.60. The van der Waals surface area contributed by atoms with E-state index in [9.17, 15) is 0 Å². The molecule has 0 saturated heterocycles. The average Bonchev–Trinajstić information content (AvgIpc) is 2.93. The number of furan rings is 1. The molecule has 4 nitrogen and oxygen atoms in total. The molecule has 1 aromatic heterocycles. The summed E-state index contributed by atoms with van der Waals surface area (Å²) in [5.41, 5.74) is 2.01. The van der Waals surface area contributed by atoms with Crippen LogP contribution >= 0.6 is 0 Å². The minimum atomic E-state index is 0.144. The van der Waals surface area contributed by atoms with Gasteiger partial charge in [-0.2, -0.15) is 0 Å². The van der Waals surface area contributed by atoms with E-state index in [0.717, 1.165) is 22.7 Å². The zero-order valence-electron chi connectivity index (χ0n) is 10.8. The number of anilines is 1. The number of benzene rings is 1. The van der Waals surface area contributed by atoms with Gasteiger partial charge in [-0.25, -0.2) is 0 Å². The summed E-state index contributed by atoms with van der Waals surface area (Å²) in [6.07, 6.45) is 3.40. The molecule has 2 aromatic rings. The van der Waals surface area contributed by atoms with Gasteiger partial charge in [-0.15, -0.1) is 0 Å². The Morgan fingerprint density at radius 2 is 2.00 bits per heavy atom. The van der Waals surface area contributed by atoms with E-state index in [4.69, 9.17) is 13.9 Å². The first-order valence-corrected chi connectivity index (χ1v) is 5.75. The lowest BCUT2D eigenvalue weighted by atomic mass is 10.1. The summed E-state index contributed by atoms with van der Waals surface area (Å²) >= 11 is 0. The molecule has 0 radical (unpaired) electrons. The molecule has 0 amide bonds. The van der Waals surface area contributed by atoms with E-state index in [0.29, 0.717) is 0 Å². The number of ether oxygens (including phenoxy) is 2. The molecule has 1 heterocycles. The van der Waals surface area contributed by atoms with Gasteiger partial charge in [-0.1, -0.05) is 0 Å². The molecule has 0 fully saturated rings. The predicted octanol–water partition coefficient (Wildman–Crippen LogP) is 3.47. The standard InChI is InChI=1S/C14H17NO3/c1-10(11-6-7-18-9-11)15-13-5-4-12(16-2)8-14(13)17-3/h4-10,15H,1-3H3. The maximum atomic E-state index is 5.34. The molecule has 2 rings (SSSR count). The van der Waals surface area contributed by atoms with E-state index in [1.54, 1.807) is 26.7 Å². The van der Waals surface area contributed by atoms with Crippen molar-refractivity contribution in [1.29, 1.82) is 0 Å². The number of nitrogens with one attached hydrogen (secondary N) is 1. The lowest BCUT2D eigenvalue weighted by Crippen LogP contribution is -2.06. The van der Waals surface area contributed by atoms with Crippen LogP contribution in [0.3, 0.4) is 0 Å². The molecule has 0 saturated carbocycles. The first kappa shape index (κ1) is 12.4. The molecule has 1 unspecified atom stereocenters. The lowest BCUT2D eigenvalue weighted by molar-refractivity contribution is 0.395. The number of hydrogen-bond donors (Lipinski definition) is 1. The Bertz CT molecular complexity index is 494. The normalized spacial score (nSPS) is 11.9. The fourth-order valence-electron chi connectivity index (χ4n) is 1.76.